The van der Waals surface area contributed by atoms with Crippen molar-refractivity contribution in [2.24, 2.45) is 0 Å². The van der Waals surface area contributed by atoms with Crippen LogP contribution in [-0.2, 0) is 6.54 Å². The van der Waals surface area contributed by atoms with Crippen molar-refractivity contribution in [3.63, 3.8) is 0 Å². The van der Waals surface area contributed by atoms with Crippen LogP contribution in [-0.4, -0.2) is 16.7 Å². The van der Waals surface area contributed by atoms with Gasteiger partial charge in [0, 0.05) is 23.9 Å². The van der Waals surface area contributed by atoms with Gasteiger partial charge in [-0.15, -0.1) is 0 Å². The number of aromatic amines is 1. The maximum Gasteiger partial charge on any atom is 0.0965 e. The minimum absolute atomic E-state index is 0.858. The summed E-state index contributed by atoms with van der Waals surface area (Å²) in [4.78, 5) is 0. The lowest BCUT2D eigenvalue weighted by Crippen LogP contribution is -2.11. The topological polar surface area (TPSA) is 40.7 Å². The molecule has 78 valence electrons. The second-order valence-corrected chi connectivity index (χ2v) is 3.41. The van der Waals surface area contributed by atoms with Gasteiger partial charge >= 0.3 is 0 Å². The zero-order valence-corrected chi connectivity index (χ0v) is 8.83. The van der Waals surface area contributed by atoms with Crippen molar-refractivity contribution in [3.05, 3.63) is 42.1 Å². The second kappa shape index (κ2) is 4.75. The molecule has 15 heavy (non-hydrogen) atoms. The molecule has 0 aliphatic heterocycles. The van der Waals surface area contributed by atoms with Gasteiger partial charge in [-0.2, -0.15) is 5.10 Å². The first-order chi connectivity index (χ1) is 7.42. The molecule has 3 heteroatoms. The lowest BCUT2D eigenvalue weighted by molar-refractivity contribution is 0.728. The summed E-state index contributed by atoms with van der Waals surface area (Å²) in [5, 5.41) is 10.5. The maximum absolute atomic E-state index is 4.27. The molecule has 0 spiro atoms. The Balaban J connectivity index is 2.25. The molecule has 1 aromatic carbocycles. The molecule has 0 unspecified atom stereocenters. The van der Waals surface area contributed by atoms with Gasteiger partial charge in [0.15, 0.2) is 0 Å². The molecule has 0 amide bonds. The van der Waals surface area contributed by atoms with Gasteiger partial charge in [-0.1, -0.05) is 37.3 Å². The van der Waals surface area contributed by atoms with Crippen LogP contribution in [0.25, 0.3) is 11.3 Å². The Morgan fingerprint density at radius 3 is 2.80 bits per heavy atom. The van der Waals surface area contributed by atoms with Crippen molar-refractivity contribution in [3.8, 4) is 11.3 Å². The molecule has 0 bridgehead atoms. The number of hydrogen-bond donors (Lipinski definition) is 2. The summed E-state index contributed by atoms with van der Waals surface area (Å²) in [7, 11) is 0. The van der Waals surface area contributed by atoms with E-state index in [1.807, 2.05) is 24.4 Å². The molecule has 2 N–H and O–H groups in total. The first-order valence-electron chi connectivity index (χ1n) is 5.20. The fraction of sp³-hybridized carbons (Fsp3) is 0.250. The first-order valence-corrected chi connectivity index (χ1v) is 5.20. The van der Waals surface area contributed by atoms with Crippen LogP contribution in [0.3, 0.4) is 0 Å². The van der Waals surface area contributed by atoms with Gasteiger partial charge in [0.1, 0.15) is 0 Å². The van der Waals surface area contributed by atoms with E-state index in [0.717, 1.165) is 24.3 Å². The number of H-pyrrole nitrogens is 1. The van der Waals surface area contributed by atoms with Crippen molar-refractivity contribution >= 4 is 0 Å². The molecule has 1 heterocycles. The summed E-state index contributed by atoms with van der Waals surface area (Å²) in [6, 6.07) is 10.2. The number of rotatable bonds is 4. The molecule has 0 saturated carbocycles. The van der Waals surface area contributed by atoms with E-state index in [4.69, 9.17) is 0 Å². The van der Waals surface area contributed by atoms with Crippen LogP contribution in [0.15, 0.2) is 36.5 Å². The minimum atomic E-state index is 0.858. The maximum atomic E-state index is 4.27. The van der Waals surface area contributed by atoms with E-state index < -0.39 is 0 Å². The molecule has 3 nitrogen and oxygen atoms in total. The molecule has 0 radical (unpaired) electrons. The lowest BCUT2D eigenvalue weighted by Gasteiger charge is -2.02. The van der Waals surface area contributed by atoms with E-state index in [0.29, 0.717) is 0 Å². The van der Waals surface area contributed by atoms with Gasteiger partial charge in [0.05, 0.1) is 5.69 Å². The summed E-state index contributed by atoms with van der Waals surface area (Å²) in [5.41, 5.74) is 3.41. The molecule has 0 atom stereocenters. The van der Waals surface area contributed by atoms with Crippen LogP contribution < -0.4 is 5.32 Å². The van der Waals surface area contributed by atoms with Crippen LogP contribution in [0, 0.1) is 0 Å². The molecule has 1 aromatic heterocycles. The molecule has 0 aliphatic carbocycles. The van der Waals surface area contributed by atoms with E-state index in [1.54, 1.807) is 0 Å². The van der Waals surface area contributed by atoms with E-state index in [-0.39, 0.29) is 0 Å². The smallest absolute Gasteiger partial charge is 0.0965 e. The van der Waals surface area contributed by atoms with E-state index >= 15 is 0 Å². The highest BCUT2D eigenvalue weighted by Gasteiger charge is 2.06. The van der Waals surface area contributed by atoms with E-state index in [1.165, 1.54) is 5.56 Å². The van der Waals surface area contributed by atoms with Gasteiger partial charge in [0.2, 0.25) is 0 Å². The van der Waals surface area contributed by atoms with Crippen LogP contribution in [0.2, 0.25) is 0 Å². The van der Waals surface area contributed by atoms with Crippen molar-refractivity contribution in [2.75, 3.05) is 6.54 Å². The van der Waals surface area contributed by atoms with Crippen LogP contribution in [0.4, 0.5) is 0 Å². The summed E-state index contributed by atoms with van der Waals surface area (Å²) >= 11 is 0. The van der Waals surface area contributed by atoms with Crippen LogP contribution in [0.5, 0.6) is 0 Å². The fourth-order valence-electron chi connectivity index (χ4n) is 1.56. The number of nitrogens with one attached hydrogen (secondary N) is 2. The monoisotopic (exact) mass is 201 g/mol. The van der Waals surface area contributed by atoms with Gasteiger partial charge in [-0.25, -0.2) is 0 Å². The van der Waals surface area contributed by atoms with Crippen molar-refractivity contribution in [2.45, 2.75) is 13.5 Å². The Morgan fingerprint density at radius 1 is 1.27 bits per heavy atom. The van der Waals surface area contributed by atoms with Gasteiger partial charge in [0.25, 0.3) is 0 Å². The Hall–Kier alpha value is -1.61. The SMILES string of the molecule is CCNCc1c[nH]nc1-c1ccccc1. The number of benzene rings is 1. The molecular formula is C12H15N3. The van der Waals surface area contributed by atoms with Crippen LogP contribution in [0.1, 0.15) is 12.5 Å². The highest BCUT2D eigenvalue weighted by molar-refractivity contribution is 5.62. The Kier molecular flexibility index (Phi) is 3.15. The molecule has 2 rings (SSSR count). The third-order valence-corrected chi connectivity index (χ3v) is 2.33. The quantitative estimate of drug-likeness (QED) is 0.796. The highest BCUT2D eigenvalue weighted by atomic mass is 15.1. The Bertz CT molecular complexity index is 406. The predicted octanol–water partition coefficient (Wildman–Crippen LogP) is 2.19. The first kappa shape index (κ1) is 9.93. The van der Waals surface area contributed by atoms with Crippen LogP contribution >= 0.6 is 0 Å². The van der Waals surface area contributed by atoms with Gasteiger partial charge < -0.3 is 5.32 Å². The Labute approximate surface area is 89.5 Å². The van der Waals surface area contributed by atoms with Gasteiger partial charge in [-0.05, 0) is 6.54 Å². The van der Waals surface area contributed by atoms with E-state index in [9.17, 15) is 0 Å². The molecule has 0 aliphatic rings. The van der Waals surface area contributed by atoms with Crippen molar-refractivity contribution in [1.82, 2.24) is 15.5 Å². The normalized spacial score (nSPS) is 10.5. The molecule has 2 aromatic rings. The van der Waals surface area contributed by atoms with Gasteiger partial charge in [-0.3, -0.25) is 5.10 Å². The zero-order chi connectivity index (χ0) is 10.5. The molecular weight excluding hydrogens is 186 g/mol. The molecule has 0 fully saturated rings. The molecule has 0 saturated heterocycles. The largest absolute Gasteiger partial charge is 0.313 e. The predicted molar refractivity (Wildman–Crippen MR) is 61.4 cm³/mol. The minimum Gasteiger partial charge on any atom is -0.313 e. The van der Waals surface area contributed by atoms with E-state index in [2.05, 4.69) is 34.6 Å². The number of aromatic nitrogens is 2. The lowest BCUT2D eigenvalue weighted by atomic mass is 10.1. The number of hydrogen-bond acceptors (Lipinski definition) is 2. The summed E-state index contributed by atoms with van der Waals surface area (Å²) in [6.45, 7) is 3.93. The average Bonchev–Trinajstić information content (AvgIpc) is 2.75. The van der Waals surface area contributed by atoms with Crippen molar-refractivity contribution < 1.29 is 0 Å². The Morgan fingerprint density at radius 2 is 2.07 bits per heavy atom. The summed E-state index contributed by atoms with van der Waals surface area (Å²) < 4.78 is 0. The number of nitrogens with zero attached hydrogens (tertiary/aromatic N) is 1. The highest BCUT2D eigenvalue weighted by Crippen LogP contribution is 2.20. The summed E-state index contributed by atoms with van der Waals surface area (Å²) in [5.74, 6) is 0. The third-order valence-electron chi connectivity index (χ3n) is 2.33. The standard InChI is InChI=1S/C12H15N3/c1-2-13-8-11-9-14-15-12(11)10-6-4-3-5-7-10/h3-7,9,13H,2,8H2,1H3,(H,14,15). The summed E-state index contributed by atoms with van der Waals surface area (Å²) in [6.07, 6.45) is 1.95. The average molecular weight is 201 g/mol. The zero-order valence-electron chi connectivity index (χ0n) is 8.83. The third kappa shape index (κ3) is 2.25. The van der Waals surface area contributed by atoms with Crippen molar-refractivity contribution in [1.29, 1.82) is 0 Å². The second-order valence-electron chi connectivity index (χ2n) is 3.41. The fourth-order valence-corrected chi connectivity index (χ4v) is 1.56.